The summed E-state index contributed by atoms with van der Waals surface area (Å²) in [4.78, 5) is 16.7. The number of ether oxygens (including phenoxy) is 2. The van der Waals surface area contributed by atoms with E-state index in [1.807, 2.05) is 47.8 Å². The Bertz CT molecular complexity index is 973. The Morgan fingerprint density at radius 2 is 1.93 bits per heavy atom. The molecule has 0 spiro atoms. The number of thiazole rings is 1. The van der Waals surface area contributed by atoms with Crippen LogP contribution in [0.3, 0.4) is 0 Å². The largest absolute Gasteiger partial charge is 0.494 e. The second-order valence-electron chi connectivity index (χ2n) is 6.72. The van der Waals surface area contributed by atoms with Gasteiger partial charge in [-0.25, -0.2) is 4.98 Å². The fourth-order valence-corrected chi connectivity index (χ4v) is 3.98. The van der Waals surface area contributed by atoms with Crippen molar-refractivity contribution >= 4 is 38.3 Å². The number of carbonyl (C=O) groups is 1. The fourth-order valence-electron chi connectivity index (χ4n) is 2.70. The van der Waals surface area contributed by atoms with Crippen LogP contribution in [0.4, 0.5) is 5.13 Å². The van der Waals surface area contributed by atoms with Crippen molar-refractivity contribution in [3.8, 4) is 22.8 Å². The number of aromatic nitrogens is 1. The molecule has 3 rings (SSSR count). The molecule has 158 valence electrons. The molecule has 0 bridgehead atoms. The summed E-state index contributed by atoms with van der Waals surface area (Å²) in [5.41, 5.74) is 2.99. The van der Waals surface area contributed by atoms with Gasteiger partial charge in [-0.3, -0.25) is 10.1 Å². The molecular formula is C23H25BrN2O3S. The van der Waals surface area contributed by atoms with E-state index in [0.717, 1.165) is 47.3 Å². The van der Waals surface area contributed by atoms with Gasteiger partial charge in [0.15, 0.2) is 11.7 Å². The Morgan fingerprint density at radius 3 is 2.63 bits per heavy atom. The Hall–Kier alpha value is -2.38. The molecule has 0 fully saturated rings. The summed E-state index contributed by atoms with van der Waals surface area (Å²) < 4.78 is 12.1. The molecule has 1 N–H and O–H groups in total. The van der Waals surface area contributed by atoms with Crippen molar-refractivity contribution in [3.05, 3.63) is 57.9 Å². The second-order valence-corrected chi connectivity index (χ2v) is 8.43. The van der Waals surface area contributed by atoms with E-state index in [1.54, 1.807) is 0 Å². The molecule has 0 saturated carbocycles. The molecular weight excluding hydrogens is 464 g/mol. The maximum Gasteiger partial charge on any atom is 0.264 e. The number of nitrogens with one attached hydrogen (secondary N) is 1. The number of nitrogens with zero attached hydrogens (tertiary/aromatic N) is 1. The topological polar surface area (TPSA) is 60.5 Å². The lowest BCUT2D eigenvalue weighted by molar-refractivity contribution is -0.118. The normalized spacial score (nSPS) is 10.6. The monoisotopic (exact) mass is 488 g/mol. The van der Waals surface area contributed by atoms with Gasteiger partial charge in [-0.15, -0.1) is 11.3 Å². The van der Waals surface area contributed by atoms with Crippen LogP contribution in [0.1, 0.15) is 32.3 Å². The minimum absolute atomic E-state index is 0.0806. The summed E-state index contributed by atoms with van der Waals surface area (Å²) in [6.07, 6.45) is 3.10. The average molecular weight is 489 g/mol. The van der Waals surface area contributed by atoms with Crippen molar-refractivity contribution in [1.29, 1.82) is 0 Å². The zero-order valence-electron chi connectivity index (χ0n) is 17.1. The number of unbranched alkanes of at least 4 members (excludes halogenated alkanes) is 1. The number of carbonyl (C=O) groups excluding carboxylic acids is 1. The average Bonchev–Trinajstić information content (AvgIpc) is 3.22. The van der Waals surface area contributed by atoms with E-state index in [2.05, 4.69) is 40.1 Å². The summed E-state index contributed by atoms with van der Waals surface area (Å²) in [5, 5.41) is 5.26. The number of aryl methyl sites for hydroxylation is 1. The van der Waals surface area contributed by atoms with Crippen LogP contribution >= 0.6 is 27.3 Å². The Morgan fingerprint density at radius 1 is 1.13 bits per heavy atom. The smallest absolute Gasteiger partial charge is 0.264 e. The standard InChI is InChI=1S/C23H25BrN2O3S/c1-3-5-12-28-18-9-7-17(8-10-18)20-15-30-23(25-20)26-22(27)14-29-21-11-6-16(4-2)13-19(21)24/h6-11,13,15H,3-5,12,14H2,1-2H3,(H,25,26,27). The summed E-state index contributed by atoms with van der Waals surface area (Å²) in [6.45, 7) is 4.88. The predicted molar refractivity (Wildman–Crippen MR) is 126 cm³/mol. The highest BCUT2D eigenvalue weighted by Crippen LogP contribution is 2.28. The zero-order valence-corrected chi connectivity index (χ0v) is 19.5. The van der Waals surface area contributed by atoms with Crippen LogP contribution in [-0.2, 0) is 11.2 Å². The van der Waals surface area contributed by atoms with Crippen molar-refractivity contribution in [2.75, 3.05) is 18.5 Å². The third-order valence-electron chi connectivity index (χ3n) is 4.43. The van der Waals surface area contributed by atoms with Crippen LogP contribution in [-0.4, -0.2) is 24.1 Å². The van der Waals surface area contributed by atoms with E-state index in [4.69, 9.17) is 9.47 Å². The SMILES string of the molecule is CCCCOc1ccc(-c2csc(NC(=O)COc3ccc(CC)cc3Br)n2)cc1. The van der Waals surface area contributed by atoms with Crippen LogP contribution in [0.25, 0.3) is 11.3 Å². The highest BCUT2D eigenvalue weighted by molar-refractivity contribution is 9.10. The number of hydrogen-bond acceptors (Lipinski definition) is 5. The van der Waals surface area contributed by atoms with Gasteiger partial charge < -0.3 is 9.47 Å². The van der Waals surface area contributed by atoms with Crippen molar-refractivity contribution in [3.63, 3.8) is 0 Å². The first-order chi connectivity index (χ1) is 14.6. The van der Waals surface area contributed by atoms with Gasteiger partial charge in [0.25, 0.3) is 5.91 Å². The third-order valence-corrected chi connectivity index (χ3v) is 5.81. The molecule has 3 aromatic rings. The highest BCUT2D eigenvalue weighted by atomic mass is 79.9. The first kappa shape index (κ1) is 22.3. The predicted octanol–water partition coefficient (Wildman–Crippen LogP) is 6.33. The Kier molecular flexibility index (Phi) is 8.28. The van der Waals surface area contributed by atoms with E-state index < -0.39 is 0 Å². The second kappa shape index (κ2) is 11.1. The Labute approximate surface area is 189 Å². The molecule has 1 amide bonds. The molecule has 0 aliphatic carbocycles. The van der Waals surface area contributed by atoms with Crippen LogP contribution < -0.4 is 14.8 Å². The molecule has 0 unspecified atom stereocenters. The first-order valence-corrected chi connectivity index (χ1v) is 11.7. The maximum absolute atomic E-state index is 12.2. The van der Waals surface area contributed by atoms with Gasteiger partial charge in [-0.1, -0.05) is 26.3 Å². The lowest BCUT2D eigenvalue weighted by Gasteiger charge is -2.09. The molecule has 1 heterocycles. The molecule has 7 heteroatoms. The van der Waals surface area contributed by atoms with Crippen LogP contribution in [0.2, 0.25) is 0 Å². The van der Waals surface area contributed by atoms with Crippen LogP contribution in [0.5, 0.6) is 11.5 Å². The van der Waals surface area contributed by atoms with Crippen molar-refractivity contribution in [2.24, 2.45) is 0 Å². The van der Waals surface area contributed by atoms with Gasteiger partial charge in [-0.2, -0.15) is 0 Å². The Balaban J connectivity index is 1.53. The van der Waals surface area contributed by atoms with E-state index in [-0.39, 0.29) is 12.5 Å². The number of benzene rings is 2. The fraction of sp³-hybridized carbons (Fsp3) is 0.304. The first-order valence-electron chi connectivity index (χ1n) is 9.99. The van der Waals surface area contributed by atoms with Crippen molar-refractivity contribution in [1.82, 2.24) is 4.98 Å². The molecule has 0 saturated heterocycles. The summed E-state index contributed by atoms with van der Waals surface area (Å²) in [7, 11) is 0. The van der Waals surface area contributed by atoms with Gasteiger partial charge in [0, 0.05) is 10.9 Å². The zero-order chi connectivity index (χ0) is 21.3. The molecule has 0 aliphatic heterocycles. The minimum Gasteiger partial charge on any atom is -0.494 e. The molecule has 1 aromatic heterocycles. The van der Waals surface area contributed by atoms with E-state index >= 15 is 0 Å². The van der Waals surface area contributed by atoms with Crippen molar-refractivity contribution in [2.45, 2.75) is 33.1 Å². The maximum atomic E-state index is 12.2. The molecule has 2 aromatic carbocycles. The summed E-state index contributed by atoms with van der Waals surface area (Å²) in [5.74, 6) is 1.25. The molecule has 30 heavy (non-hydrogen) atoms. The number of rotatable bonds is 10. The van der Waals surface area contributed by atoms with Gasteiger partial charge in [0.05, 0.1) is 16.8 Å². The number of hydrogen-bond donors (Lipinski definition) is 1. The number of halogens is 1. The molecule has 5 nitrogen and oxygen atoms in total. The highest BCUT2D eigenvalue weighted by Gasteiger charge is 2.10. The van der Waals surface area contributed by atoms with E-state index in [0.29, 0.717) is 10.9 Å². The lowest BCUT2D eigenvalue weighted by atomic mass is 10.2. The quantitative estimate of drug-likeness (QED) is 0.338. The van der Waals surface area contributed by atoms with Gasteiger partial charge in [-0.05, 0) is 70.7 Å². The third kappa shape index (κ3) is 6.31. The molecule has 0 aliphatic rings. The summed E-state index contributed by atoms with van der Waals surface area (Å²) >= 11 is 4.87. The van der Waals surface area contributed by atoms with E-state index in [1.165, 1.54) is 16.9 Å². The lowest BCUT2D eigenvalue weighted by Crippen LogP contribution is -2.20. The van der Waals surface area contributed by atoms with Gasteiger partial charge >= 0.3 is 0 Å². The number of amides is 1. The summed E-state index contributed by atoms with van der Waals surface area (Å²) in [6, 6.07) is 13.7. The van der Waals surface area contributed by atoms with Crippen molar-refractivity contribution < 1.29 is 14.3 Å². The van der Waals surface area contributed by atoms with E-state index in [9.17, 15) is 4.79 Å². The molecule has 0 radical (unpaired) electrons. The van der Waals surface area contributed by atoms with Crippen LogP contribution in [0, 0.1) is 0 Å². The van der Waals surface area contributed by atoms with Gasteiger partial charge in [0.1, 0.15) is 11.5 Å². The molecule has 0 atom stereocenters. The number of anilines is 1. The minimum atomic E-state index is -0.248. The van der Waals surface area contributed by atoms with Crippen LogP contribution in [0.15, 0.2) is 52.3 Å². The van der Waals surface area contributed by atoms with Gasteiger partial charge in [0.2, 0.25) is 0 Å².